The molecule has 0 spiro atoms. The number of benzene rings is 2. The summed E-state index contributed by atoms with van der Waals surface area (Å²) in [5.41, 5.74) is -0.855. The van der Waals surface area contributed by atoms with Crippen LogP contribution in [0.2, 0.25) is 5.04 Å². The van der Waals surface area contributed by atoms with Gasteiger partial charge < -0.3 is 14.1 Å². The predicted molar refractivity (Wildman–Crippen MR) is 139 cm³/mol. The summed E-state index contributed by atoms with van der Waals surface area (Å²) in [5.74, 6) is 0. The van der Waals surface area contributed by atoms with E-state index >= 15 is 0 Å². The topological polar surface area (TPSA) is 38.8 Å². The monoisotopic (exact) mass is 467 g/mol. The molecule has 1 aliphatic heterocycles. The first-order chi connectivity index (χ1) is 15.3. The number of amides is 1. The molecule has 1 amide bonds. The van der Waals surface area contributed by atoms with Gasteiger partial charge in [0.05, 0.1) is 0 Å². The maximum absolute atomic E-state index is 12.9. The highest BCUT2D eigenvalue weighted by atomic mass is 28.4. The van der Waals surface area contributed by atoms with Gasteiger partial charge in [-0.25, -0.2) is 4.79 Å². The van der Waals surface area contributed by atoms with Crippen LogP contribution in [0.4, 0.5) is 4.79 Å². The zero-order chi connectivity index (χ0) is 24.5. The van der Waals surface area contributed by atoms with Gasteiger partial charge in [-0.15, -0.1) is 0 Å². The van der Waals surface area contributed by atoms with Gasteiger partial charge in [-0.1, -0.05) is 81.4 Å². The van der Waals surface area contributed by atoms with Crippen LogP contribution in [0.3, 0.4) is 0 Å². The molecule has 1 saturated heterocycles. The molecule has 5 heteroatoms. The third-order valence-electron chi connectivity index (χ3n) is 6.51. The Bertz CT molecular complexity index is 890. The molecule has 0 aliphatic carbocycles. The van der Waals surface area contributed by atoms with Crippen molar-refractivity contribution < 1.29 is 14.0 Å². The van der Waals surface area contributed by atoms with Gasteiger partial charge in [0.25, 0.3) is 8.32 Å². The van der Waals surface area contributed by atoms with Gasteiger partial charge >= 0.3 is 6.09 Å². The summed E-state index contributed by atoms with van der Waals surface area (Å²) in [6.45, 7) is 17.5. The fourth-order valence-electron chi connectivity index (χ4n) is 5.04. The van der Waals surface area contributed by atoms with E-state index in [-0.39, 0.29) is 22.8 Å². The van der Waals surface area contributed by atoms with E-state index in [0.29, 0.717) is 6.54 Å². The van der Waals surface area contributed by atoms with Crippen molar-refractivity contribution in [2.45, 2.75) is 90.5 Å². The second kappa shape index (κ2) is 9.26. The molecule has 2 aromatic rings. The lowest BCUT2D eigenvalue weighted by Crippen LogP contribution is -2.69. The van der Waals surface area contributed by atoms with Gasteiger partial charge in [0.1, 0.15) is 5.60 Å². The van der Waals surface area contributed by atoms with Gasteiger partial charge in [-0.2, -0.15) is 0 Å². The van der Waals surface area contributed by atoms with E-state index in [0.717, 1.165) is 12.8 Å². The molecule has 0 N–H and O–H groups in total. The second-order valence-electron chi connectivity index (χ2n) is 11.8. The number of likely N-dealkylation sites (tertiary alicyclic amines) is 1. The standard InChI is InChI=1S/C28H41NO3Si/c1-26(2,3)31-25(30)29-20-19-22(21-28(29,7)8)32-33(27(4,5)6,23-15-11-9-12-16-23)24-17-13-10-14-18-24/h9-18,22H,19-21H2,1-8H3. The lowest BCUT2D eigenvalue weighted by atomic mass is 9.89. The zero-order valence-corrected chi connectivity index (χ0v) is 22.6. The number of piperidine rings is 1. The Morgan fingerprint density at radius 2 is 1.39 bits per heavy atom. The van der Waals surface area contributed by atoms with E-state index in [1.165, 1.54) is 10.4 Å². The number of nitrogens with zero attached hydrogens (tertiary/aromatic N) is 1. The average molecular weight is 468 g/mol. The lowest BCUT2D eigenvalue weighted by Gasteiger charge is -2.50. The molecule has 33 heavy (non-hydrogen) atoms. The van der Waals surface area contributed by atoms with Crippen LogP contribution in [0.1, 0.15) is 68.2 Å². The van der Waals surface area contributed by atoms with E-state index in [1.807, 2.05) is 25.7 Å². The van der Waals surface area contributed by atoms with Crippen molar-refractivity contribution in [2.24, 2.45) is 0 Å². The molecular formula is C28H41NO3Si. The van der Waals surface area contributed by atoms with Gasteiger partial charge in [-0.3, -0.25) is 0 Å². The molecule has 2 aromatic carbocycles. The molecule has 1 fully saturated rings. The van der Waals surface area contributed by atoms with Crippen LogP contribution >= 0.6 is 0 Å². The third-order valence-corrected chi connectivity index (χ3v) is 11.6. The quantitative estimate of drug-likeness (QED) is 0.538. The van der Waals surface area contributed by atoms with Gasteiger partial charge in [0.15, 0.2) is 0 Å². The first kappa shape index (κ1) is 25.5. The molecule has 0 saturated carbocycles. The highest BCUT2D eigenvalue weighted by Gasteiger charge is 2.53. The van der Waals surface area contributed by atoms with Crippen molar-refractivity contribution in [1.29, 1.82) is 0 Å². The summed E-state index contributed by atoms with van der Waals surface area (Å²) >= 11 is 0. The van der Waals surface area contributed by atoms with Crippen LogP contribution in [0, 0.1) is 0 Å². The minimum Gasteiger partial charge on any atom is -0.444 e. The maximum atomic E-state index is 12.9. The van der Waals surface area contributed by atoms with E-state index in [9.17, 15) is 4.79 Å². The molecule has 0 bridgehead atoms. The van der Waals surface area contributed by atoms with E-state index < -0.39 is 13.9 Å². The number of carbonyl (C=O) groups is 1. The number of hydrogen-bond donors (Lipinski definition) is 0. The highest BCUT2D eigenvalue weighted by Crippen LogP contribution is 2.40. The molecule has 1 heterocycles. The SMILES string of the molecule is CC(C)(C)OC(=O)N1CCC(O[Si](c2ccccc2)(c2ccccc2)C(C)(C)C)CC1(C)C. The first-order valence-electron chi connectivity index (χ1n) is 12.1. The fraction of sp³-hybridized carbons (Fsp3) is 0.536. The molecule has 3 rings (SSSR count). The number of hydrogen-bond acceptors (Lipinski definition) is 3. The van der Waals surface area contributed by atoms with Crippen LogP contribution in [0.25, 0.3) is 0 Å². The number of ether oxygens (including phenoxy) is 1. The summed E-state index contributed by atoms with van der Waals surface area (Å²) in [5, 5.41) is 2.51. The molecule has 180 valence electrons. The fourth-order valence-corrected chi connectivity index (χ4v) is 9.76. The van der Waals surface area contributed by atoms with Gasteiger partial charge in [0.2, 0.25) is 0 Å². The largest absolute Gasteiger partial charge is 0.444 e. The molecule has 0 aromatic heterocycles. The van der Waals surface area contributed by atoms with Crippen molar-refractivity contribution >= 4 is 24.8 Å². The molecule has 1 aliphatic rings. The van der Waals surface area contributed by atoms with E-state index in [2.05, 4.69) is 95.3 Å². The zero-order valence-electron chi connectivity index (χ0n) is 21.6. The van der Waals surface area contributed by atoms with E-state index in [1.54, 1.807) is 0 Å². The van der Waals surface area contributed by atoms with Crippen molar-refractivity contribution in [3.8, 4) is 0 Å². The summed E-state index contributed by atoms with van der Waals surface area (Å²) in [7, 11) is -2.62. The predicted octanol–water partition coefficient (Wildman–Crippen LogP) is 5.74. The van der Waals surface area contributed by atoms with Crippen LogP contribution in [-0.4, -0.2) is 43.1 Å². The Balaban J connectivity index is 1.96. The number of carbonyl (C=O) groups excluding carboxylic acids is 1. The number of rotatable bonds is 4. The van der Waals surface area contributed by atoms with Crippen molar-refractivity contribution in [2.75, 3.05) is 6.54 Å². The average Bonchev–Trinajstić information content (AvgIpc) is 2.70. The Hall–Kier alpha value is -2.11. The Morgan fingerprint density at radius 3 is 1.79 bits per heavy atom. The molecular weight excluding hydrogens is 426 g/mol. The molecule has 4 nitrogen and oxygen atoms in total. The Morgan fingerprint density at radius 1 is 0.909 bits per heavy atom. The minimum atomic E-state index is -2.62. The highest BCUT2D eigenvalue weighted by molar-refractivity contribution is 6.99. The summed E-state index contributed by atoms with van der Waals surface area (Å²) in [4.78, 5) is 14.8. The van der Waals surface area contributed by atoms with Crippen molar-refractivity contribution in [3.63, 3.8) is 0 Å². The Labute approximate surface area is 201 Å². The van der Waals surface area contributed by atoms with Crippen molar-refractivity contribution in [1.82, 2.24) is 4.90 Å². The molecule has 0 radical (unpaired) electrons. The normalized spacial score (nSPS) is 19.3. The summed E-state index contributed by atoms with van der Waals surface area (Å²) < 4.78 is 13.0. The van der Waals surface area contributed by atoms with Crippen LogP contribution in [0.15, 0.2) is 60.7 Å². The van der Waals surface area contributed by atoms with Crippen LogP contribution < -0.4 is 10.4 Å². The molecule has 1 atom stereocenters. The first-order valence-corrected chi connectivity index (χ1v) is 14.0. The molecule has 1 unspecified atom stereocenters. The van der Waals surface area contributed by atoms with Gasteiger partial charge in [0, 0.05) is 18.2 Å². The minimum absolute atomic E-state index is 0.0602. The second-order valence-corrected chi connectivity index (χ2v) is 16.1. The maximum Gasteiger partial charge on any atom is 0.410 e. The summed E-state index contributed by atoms with van der Waals surface area (Å²) in [6.07, 6.45) is 1.39. The Kier molecular flexibility index (Phi) is 7.16. The van der Waals surface area contributed by atoms with Crippen LogP contribution in [0.5, 0.6) is 0 Å². The summed E-state index contributed by atoms with van der Waals surface area (Å²) in [6, 6.07) is 21.5. The smallest absolute Gasteiger partial charge is 0.410 e. The van der Waals surface area contributed by atoms with E-state index in [4.69, 9.17) is 9.16 Å². The van der Waals surface area contributed by atoms with Gasteiger partial charge in [-0.05, 0) is 62.9 Å². The lowest BCUT2D eigenvalue weighted by molar-refractivity contribution is -0.0278. The van der Waals surface area contributed by atoms with Crippen molar-refractivity contribution in [3.05, 3.63) is 60.7 Å². The third kappa shape index (κ3) is 5.52. The van der Waals surface area contributed by atoms with Crippen LogP contribution in [-0.2, 0) is 9.16 Å².